The van der Waals surface area contributed by atoms with E-state index in [-0.39, 0.29) is 5.78 Å². The molecule has 0 amide bonds. The molecule has 0 heterocycles. The van der Waals surface area contributed by atoms with Crippen LogP contribution >= 0.6 is 12.6 Å². The first kappa shape index (κ1) is 14.2. The van der Waals surface area contributed by atoms with Crippen molar-refractivity contribution in [1.29, 1.82) is 0 Å². The van der Waals surface area contributed by atoms with Gasteiger partial charge < -0.3 is 10.2 Å². The second-order valence-electron chi connectivity index (χ2n) is 4.15. The molecule has 0 aliphatic heterocycles. The maximum Gasteiger partial charge on any atom is 0.159 e. The van der Waals surface area contributed by atoms with Crippen LogP contribution in [-0.2, 0) is 0 Å². The van der Waals surface area contributed by atoms with Gasteiger partial charge in [0.1, 0.15) is 6.10 Å². The lowest BCUT2D eigenvalue weighted by atomic mass is 9.95. The van der Waals surface area contributed by atoms with Gasteiger partial charge in [0.25, 0.3) is 0 Å². The average molecular weight is 254 g/mol. The van der Waals surface area contributed by atoms with Gasteiger partial charge in [0.2, 0.25) is 0 Å². The number of carbonyl (C=O) groups excluding carboxylic acids is 1. The van der Waals surface area contributed by atoms with Crippen molar-refractivity contribution in [2.75, 3.05) is 5.75 Å². The Morgan fingerprint density at radius 2 is 2.06 bits per heavy atom. The monoisotopic (exact) mass is 254 g/mol. The summed E-state index contributed by atoms with van der Waals surface area (Å²) in [6.07, 6.45) is -1.32. The Hall–Kier alpha value is -0.840. The number of aliphatic hydroxyl groups is 2. The summed E-state index contributed by atoms with van der Waals surface area (Å²) in [5.41, 5.74) is 2.08. The molecule has 94 valence electrons. The van der Waals surface area contributed by atoms with E-state index in [0.29, 0.717) is 23.3 Å². The highest BCUT2D eigenvalue weighted by atomic mass is 32.1. The van der Waals surface area contributed by atoms with Crippen LogP contribution < -0.4 is 0 Å². The number of aryl methyl sites for hydroxylation is 1. The molecule has 0 aromatic heterocycles. The van der Waals surface area contributed by atoms with Gasteiger partial charge in [0.05, 0.1) is 6.10 Å². The molecule has 1 aromatic carbocycles. The summed E-state index contributed by atoms with van der Waals surface area (Å²) < 4.78 is 0. The Morgan fingerprint density at radius 1 is 1.41 bits per heavy atom. The Kier molecular flexibility index (Phi) is 5.18. The lowest BCUT2D eigenvalue weighted by molar-refractivity contribution is 0.0169. The Bertz CT molecular complexity index is 404. The highest BCUT2D eigenvalue weighted by molar-refractivity contribution is 7.80. The molecule has 0 saturated carbocycles. The molecule has 0 aliphatic carbocycles. The first-order valence-corrected chi connectivity index (χ1v) is 6.19. The van der Waals surface area contributed by atoms with Gasteiger partial charge in [-0.15, -0.1) is 0 Å². The van der Waals surface area contributed by atoms with E-state index in [2.05, 4.69) is 12.6 Å². The molecular weight excluding hydrogens is 236 g/mol. The molecule has 0 spiro atoms. The summed E-state index contributed by atoms with van der Waals surface area (Å²) in [4.78, 5) is 11.2. The fraction of sp³-hybridized carbons (Fsp3) is 0.462. The van der Waals surface area contributed by atoms with Gasteiger partial charge in [-0.2, -0.15) is 12.6 Å². The molecule has 0 bridgehead atoms. The van der Waals surface area contributed by atoms with Crippen LogP contribution in [0.2, 0.25) is 0 Å². The standard InChI is InChI=1S/C13H18O3S/c1-8-7-10(9(2)14)3-4-11(8)13(16)12(15)5-6-17/h3-4,7,12-13,15-17H,5-6H2,1-2H3. The molecule has 4 heteroatoms. The first-order chi connectivity index (χ1) is 7.97. The summed E-state index contributed by atoms with van der Waals surface area (Å²) in [6, 6.07) is 5.09. The average Bonchev–Trinajstić information content (AvgIpc) is 2.28. The van der Waals surface area contributed by atoms with Gasteiger partial charge in [-0.3, -0.25) is 4.79 Å². The van der Waals surface area contributed by atoms with E-state index in [1.807, 2.05) is 6.92 Å². The third-order valence-electron chi connectivity index (χ3n) is 2.78. The highest BCUT2D eigenvalue weighted by Gasteiger charge is 2.19. The number of hydrogen-bond donors (Lipinski definition) is 3. The van der Waals surface area contributed by atoms with E-state index >= 15 is 0 Å². The lowest BCUT2D eigenvalue weighted by Gasteiger charge is -2.19. The number of ketones is 1. The number of aliphatic hydroxyl groups excluding tert-OH is 2. The molecule has 2 unspecified atom stereocenters. The van der Waals surface area contributed by atoms with Gasteiger partial charge in [-0.25, -0.2) is 0 Å². The summed E-state index contributed by atoms with van der Waals surface area (Å²) in [5.74, 6) is 0.507. The number of benzene rings is 1. The van der Waals surface area contributed by atoms with Crippen molar-refractivity contribution >= 4 is 18.4 Å². The van der Waals surface area contributed by atoms with Crippen LogP contribution in [-0.4, -0.2) is 27.9 Å². The van der Waals surface area contributed by atoms with Crippen molar-refractivity contribution in [3.05, 3.63) is 34.9 Å². The van der Waals surface area contributed by atoms with Crippen molar-refractivity contribution in [2.24, 2.45) is 0 Å². The van der Waals surface area contributed by atoms with Gasteiger partial charge in [-0.05, 0) is 43.2 Å². The Morgan fingerprint density at radius 3 is 2.53 bits per heavy atom. The normalized spacial score (nSPS) is 14.4. The van der Waals surface area contributed by atoms with Crippen LogP contribution in [0.1, 0.15) is 40.9 Å². The van der Waals surface area contributed by atoms with E-state index in [4.69, 9.17) is 0 Å². The SMILES string of the molecule is CC(=O)c1ccc(C(O)C(O)CCS)c(C)c1. The van der Waals surface area contributed by atoms with Gasteiger partial charge in [0.15, 0.2) is 5.78 Å². The third kappa shape index (κ3) is 3.56. The van der Waals surface area contributed by atoms with Crippen molar-refractivity contribution in [3.8, 4) is 0 Å². The molecule has 0 fully saturated rings. The number of thiol groups is 1. The molecular formula is C13H18O3S. The van der Waals surface area contributed by atoms with E-state index < -0.39 is 12.2 Å². The Balaban J connectivity index is 2.95. The molecule has 0 saturated heterocycles. The third-order valence-corrected chi connectivity index (χ3v) is 3.04. The summed E-state index contributed by atoms with van der Waals surface area (Å²) in [5, 5.41) is 19.7. The molecule has 17 heavy (non-hydrogen) atoms. The van der Waals surface area contributed by atoms with Crippen LogP contribution in [0.5, 0.6) is 0 Å². The molecule has 3 nitrogen and oxygen atoms in total. The van der Waals surface area contributed by atoms with Crippen LogP contribution in [0.25, 0.3) is 0 Å². The number of hydrogen-bond acceptors (Lipinski definition) is 4. The minimum atomic E-state index is -0.928. The quantitative estimate of drug-likeness (QED) is 0.556. The first-order valence-electron chi connectivity index (χ1n) is 5.56. The predicted octanol–water partition coefficient (Wildman–Crippen LogP) is 1.91. The maximum atomic E-state index is 11.2. The fourth-order valence-corrected chi connectivity index (χ4v) is 1.99. The van der Waals surface area contributed by atoms with E-state index in [9.17, 15) is 15.0 Å². The van der Waals surface area contributed by atoms with Crippen molar-refractivity contribution in [1.82, 2.24) is 0 Å². The lowest BCUT2D eigenvalue weighted by Crippen LogP contribution is -2.19. The van der Waals surface area contributed by atoms with Crippen LogP contribution in [0.3, 0.4) is 0 Å². The Labute approximate surface area is 107 Å². The number of rotatable bonds is 5. The van der Waals surface area contributed by atoms with E-state index in [0.717, 1.165) is 5.56 Å². The van der Waals surface area contributed by atoms with Crippen molar-refractivity contribution < 1.29 is 15.0 Å². The topological polar surface area (TPSA) is 57.5 Å². The second-order valence-corrected chi connectivity index (χ2v) is 4.60. The number of carbonyl (C=O) groups is 1. The zero-order valence-corrected chi connectivity index (χ0v) is 10.9. The molecule has 2 atom stereocenters. The molecule has 0 aliphatic rings. The maximum absolute atomic E-state index is 11.2. The van der Waals surface area contributed by atoms with Gasteiger partial charge in [-0.1, -0.05) is 12.1 Å². The summed E-state index contributed by atoms with van der Waals surface area (Å²) in [7, 11) is 0. The van der Waals surface area contributed by atoms with Crippen molar-refractivity contribution in [2.45, 2.75) is 32.5 Å². The van der Waals surface area contributed by atoms with E-state index in [1.54, 1.807) is 18.2 Å². The van der Waals surface area contributed by atoms with Gasteiger partial charge >= 0.3 is 0 Å². The minimum Gasteiger partial charge on any atom is -0.390 e. The van der Waals surface area contributed by atoms with Crippen LogP contribution in [0.15, 0.2) is 18.2 Å². The van der Waals surface area contributed by atoms with Gasteiger partial charge in [0, 0.05) is 5.56 Å². The van der Waals surface area contributed by atoms with E-state index in [1.165, 1.54) is 6.92 Å². The second kappa shape index (κ2) is 6.19. The predicted molar refractivity (Wildman–Crippen MR) is 70.6 cm³/mol. The molecule has 2 N–H and O–H groups in total. The van der Waals surface area contributed by atoms with Crippen molar-refractivity contribution in [3.63, 3.8) is 0 Å². The largest absolute Gasteiger partial charge is 0.390 e. The highest BCUT2D eigenvalue weighted by Crippen LogP contribution is 2.23. The smallest absolute Gasteiger partial charge is 0.159 e. The molecule has 0 radical (unpaired) electrons. The molecule has 1 aromatic rings. The fourth-order valence-electron chi connectivity index (χ4n) is 1.72. The summed E-state index contributed by atoms with van der Waals surface area (Å²) in [6.45, 7) is 3.32. The minimum absolute atomic E-state index is 0.00922. The zero-order chi connectivity index (χ0) is 13.0. The van der Waals surface area contributed by atoms with Crippen LogP contribution in [0.4, 0.5) is 0 Å². The van der Waals surface area contributed by atoms with Crippen LogP contribution in [0, 0.1) is 6.92 Å². The number of Topliss-reactive ketones (excluding diaryl/α,β-unsaturated/α-hetero) is 1. The zero-order valence-electron chi connectivity index (χ0n) is 10.1. The molecule has 1 rings (SSSR count). The summed E-state index contributed by atoms with van der Waals surface area (Å²) >= 11 is 4.02.